The number of amides is 1. The van der Waals surface area contributed by atoms with Gasteiger partial charge in [0.15, 0.2) is 0 Å². The van der Waals surface area contributed by atoms with Crippen molar-refractivity contribution >= 4 is 11.6 Å². The second kappa shape index (κ2) is 7.46. The third-order valence-corrected chi connectivity index (χ3v) is 3.21. The minimum absolute atomic E-state index is 0.122. The lowest BCUT2D eigenvalue weighted by Crippen LogP contribution is -2.29. The highest BCUT2D eigenvalue weighted by atomic mass is 16.2. The third kappa shape index (κ3) is 4.21. The minimum atomic E-state index is 0.122. The summed E-state index contributed by atoms with van der Waals surface area (Å²) in [7, 11) is 1.81. The number of nitrogens with one attached hydrogen (secondary N) is 1. The monoisotopic (exact) mass is 268 g/mol. The van der Waals surface area contributed by atoms with E-state index in [4.69, 9.17) is 0 Å². The largest absolute Gasteiger partial charge is 0.315 e. The summed E-state index contributed by atoms with van der Waals surface area (Å²) in [6, 6.07) is 19.9. The molecule has 0 unspecified atom stereocenters. The molecule has 0 heterocycles. The maximum absolute atomic E-state index is 12.0. The molecule has 0 fully saturated rings. The molecule has 0 atom stereocenters. The van der Waals surface area contributed by atoms with Gasteiger partial charge >= 0.3 is 0 Å². The number of carbonyl (C=O) groups is 1. The van der Waals surface area contributed by atoms with Crippen molar-refractivity contribution < 1.29 is 4.79 Å². The molecule has 0 bridgehead atoms. The highest BCUT2D eigenvalue weighted by Crippen LogP contribution is 2.11. The first-order valence-corrected chi connectivity index (χ1v) is 6.83. The normalized spacial score (nSPS) is 10.2. The fourth-order valence-corrected chi connectivity index (χ4v) is 1.99. The summed E-state index contributed by atoms with van der Waals surface area (Å²) in [5, 5.41) is 3.29. The Bertz CT molecular complexity index is 525. The molecule has 1 N–H and O–H groups in total. The molecule has 20 heavy (non-hydrogen) atoms. The van der Waals surface area contributed by atoms with Gasteiger partial charge in [-0.2, -0.15) is 0 Å². The van der Waals surface area contributed by atoms with Crippen molar-refractivity contribution in [2.45, 2.75) is 13.0 Å². The Morgan fingerprint density at radius 1 is 1.00 bits per heavy atom. The van der Waals surface area contributed by atoms with E-state index < -0.39 is 0 Å². The summed E-state index contributed by atoms with van der Waals surface area (Å²) in [6.45, 7) is 1.48. The van der Waals surface area contributed by atoms with E-state index in [2.05, 4.69) is 17.4 Å². The first kappa shape index (κ1) is 14.3. The number of benzene rings is 2. The van der Waals surface area contributed by atoms with Gasteiger partial charge in [-0.15, -0.1) is 0 Å². The van der Waals surface area contributed by atoms with E-state index in [0.29, 0.717) is 13.0 Å². The second-order valence-corrected chi connectivity index (χ2v) is 4.70. The fraction of sp³-hybridized carbons (Fsp3) is 0.235. The highest BCUT2D eigenvalue weighted by molar-refractivity contribution is 5.92. The summed E-state index contributed by atoms with van der Waals surface area (Å²) in [4.78, 5) is 13.7. The van der Waals surface area contributed by atoms with Gasteiger partial charge in [-0.05, 0) is 17.7 Å². The number of nitrogens with zero attached hydrogens (tertiary/aromatic N) is 1. The van der Waals surface area contributed by atoms with Crippen molar-refractivity contribution in [1.82, 2.24) is 5.32 Å². The van der Waals surface area contributed by atoms with Crippen molar-refractivity contribution in [3.05, 3.63) is 66.2 Å². The van der Waals surface area contributed by atoms with Gasteiger partial charge in [-0.3, -0.25) is 4.79 Å². The van der Waals surface area contributed by atoms with Crippen LogP contribution in [0.1, 0.15) is 12.0 Å². The van der Waals surface area contributed by atoms with Crippen LogP contribution in [-0.2, 0) is 11.3 Å². The zero-order chi connectivity index (χ0) is 14.2. The molecule has 0 aliphatic heterocycles. The van der Waals surface area contributed by atoms with Crippen LogP contribution in [-0.4, -0.2) is 19.5 Å². The van der Waals surface area contributed by atoms with Crippen LogP contribution in [0.25, 0.3) is 0 Å². The molecule has 3 nitrogen and oxygen atoms in total. The van der Waals surface area contributed by atoms with Crippen molar-refractivity contribution in [2.75, 3.05) is 18.5 Å². The van der Waals surface area contributed by atoms with Crippen LogP contribution in [0.2, 0.25) is 0 Å². The summed E-state index contributed by atoms with van der Waals surface area (Å²) in [5.41, 5.74) is 2.16. The van der Waals surface area contributed by atoms with Crippen LogP contribution in [0.5, 0.6) is 0 Å². The van der Waals surface area contributed by atoms with Crippen molar-refractivity contribution in [1.29, 1.82) is 0 Å². The standard InChI is InChI=1S/C17H20N2O/c1-19(16-10-6-3-7-11-16)17(20)12-13-18-14-15-8-4-2-5-9-15/h2-11,18H,12-14H2,1H3. The molecule has 0 aromatic heterocycles. The molecule has 3 heteroatoms. The average molecular weight is 268 g/mol. The molecule has 0 aliphatic rings. The van der Waals surface area contributed by atoms with Gasteiger partial charge in [-0.1, -0.05) is 48.5 Å². The number of para-hydroxylation sites is 1. The third-order valence-electron chi connectivity index (χ3n) is 3.21. The number of hydrogen-bond acceptors (Lipinski definition) is 2. The Hall–Kier alpha value is -2.13. The lowest BCUT2D eigenvalue weighted by atomic mass is 10.2. The van der Waals surface area contributed by atoms with Crippen LogP contribution < -0.4 is 10.2 Å². The SMILES string of the molecule is CN(C(=O)CCNCc1ccccc1)c1ccccc1. The second-order valence-electron chi connectivity index (χ2n) is 4.70. The lowest BCUT2D eigenvalue weighted by Gasteiger charge is -2.17. The van der Waals surface area contributed by atoms with E-state index in [1.54, 1.807) is 4.90 Å². The highest BCUT2D eigenvalue weighted by Gasteiger charge is 2.09. The van der Waals surface area contributed by atoms with E-state index in [0.717, 1.165) is 12.2 Å². The zero-order valence-electron chi connectivity index (χ0n) is 11.8. The van der Waals surface area contributed by atoms with Gasteiger partial charge in [0.05, 0.1) is 0 Å². The predicted octanol–water partition coefficient (Wildman–Crippen LogP) is 2.83. The minimum Gasteiger partial charge on any atom is -0.315 e. The van der Waals surface area contributed by atoms with E-state index in [9.17, 15) is 4.79 Å². The summed E-state index contributed by atoms with van der Waals surface area (Å²) in [5.74, 6) is 0.122. The summed E-state index contributed by atoms with van der Waals surface area (Å²) >= 11 is 0. The molecular weight excluding hydrogens is 248 g/mol. The number of anilines is 1. The van der Waals surface area contributed by atoms with Crippen LogP contribution >= 0.6 is 0 Å². The summed E-state index contributed by atoms with van der Waals surface area (Å²) in [6.07, 6.45) is 0.498. The Kier molecular flexibility index (Phi) is 5.33. The Labute approximate surface area is 120 Å². The number of carbonyl (C=O) groups excluding carboxylic acids is 1. The van der Waals surface area contributed by atoms with Crippen LogP contribution in [0.15, 0.2) is 60.7 Å². The van der Waals surface area contributed by atoms with E-state index in [1.165, 1.54) is 5.56 Å². The molecule has 0 aliphatic carbocycles. The van der Waals surface area contributed by atoms with Gasteiger partial charge in [-0.25, -0.2) is 0 Å². The summed E-state index contributed by atoms with van der Waals surface area (Å²) < 4.78 is 0. The predicted molar refractivity (Wildman–Crippen MR) is 82.6 cm³/mol. The lowest BCUT2D eigenvalue weighted by molar-refractivity contribution is -0.118. The van der Waals surface area contributed by atoms with E-state index in [-0.39, 0.29) is 5.91 Å². The number of rotatable bonds is 6. The molecule has 0 spiro atoms. The smallest absolute Gasteiger partial charge is 0.227 e. The Morgan fingerprint density at radius 2 is 1.60 bits per heavy atom. The van der Waals surface area contributed by atoms with Gasteiger partial charge in [0, 0.05) is 32.2 Å². The van der Waals surface area contributed by atoms with Gasteiger partial charge < -0.3 is 10.2 Å². The first-order chi connectivity index (χ1) is 9.77. The van der Waals surface area contributed by atoms with Crippen LogP contribution in [0.4, 0.5) is 5.69 Å². The molecule has 2 aromatic rings. The fourth-order valence-electron chi connectivity index (χ4n) is 1.99. The topological polar surface area (TPSA) is 32.3 Å². The Balaban J connectivity index is 1.73. The molecule has 0 radical (unpaired) electrons. The average Bonchev–Trinajstić information content (AvgIpc) is 2.52. The van der Waals surface area contributed by atoms with E-state index >= 15 is 0 Å². The molecule has 2 aromatic carbocycles. The van der Waals surface area contributed by atoms with Gasteiger partial charge in [0.2, 0.25) is 5.91 Å². The van der Waals surface area contributed by atoms with E-state index in [1.807, 2.05) is 55.6 Å². The van der Waals surface area contributed by atoms with Gasteiger partial charge in [0.25, 0.3) is 0 Å². The first-order valence-electron chi connectivity index (χ1n) is 6.83. The van der Waals surface area contributed by atoms with Crippen LogP contribution in [0.3, 0.4) is 0 Å². The molecule has 2 rings (SSSR count). The molecule has 104 valence electrons. The quantitative estimate of drug-likeness (QED) is 0.817. The molecule has 0 saturated carbocycles. The Morgan fingerprint density at radius 3 is 2.25 bits per heavy atom. The maximum atomic E-state index is 12.0. The maximum Gasteiger partial charge on any atom is 0.227 e. The van der Waals surface area contributed by atoms with Crippen molar-refractivity contribution in [3.63, 3.8) is 0 Å². The molecular formula is C17H20N2O. The molecule has 1 amide bonds. The van der Waals surface area contributed by atoms with Crippen molar-refractivity contribution in [2.24, 2.45) is 0 Å². The number of hydrogen-bond donors (Lipinski definition) is 1. The zero-order valence-corrected chi connectivity index (χ0v) is 11.8. The van der Waals surface area contributed by atoms with Gasteiger partial charge in [0.1, 0.15) is 0 Å². The molecule has 0 saturated heterocycles. The van der Waals surface area contributed by atoms with Crippen molar-refractivity contribution in [3.8, 4) is 0 Å². The van der Waals surface area contributed by atoms with Crippen LogP contribution in [0, 0.1) is 0 Å².